The predicted octanol–water partition coefficient (Wildman–Crippen LogP) is 3.57. The summed E-state index contributed by atoms with van der Waals surface area (Å²) in [6.07, 6.45) is 3.58. The van der Waals surface area contributed by atoms with E-state index in [4.69, 9.17) is 5.11 Å². The maximum Gasteiger partial charge on any atom is 0.328 e. The van der Waals surface area contributed by atoms with Crippen molar-refractivity contribution >= 4 is 11.5 Å². The van der Waals surface area contributed by atoms with Crippen LogP contribution in [0.3, 0.4) is 0 Å². The Balaban J connectivity index is 2.43. The molecule has 1 N–H and O–H groups in total. The average molecular weight is 245 g/mol. The summed E-state index contributed by atoms with van der Waals surface area (Å²) in [5.74, 6) is 0.101. The third-order valence-corrected chi connectivity index (χ3v) is 3.73. The number of fused-ring (bicyclic) bond motifs is 1. The lowest BCUT2D eigenvalue weighted by molar-refractivity contribution is -0.131. The van der Waals surface area contributed by atoms with Crippen molar-refractivity contribution in [1.29, 1.82) is 0 Å². The molecule has 2 atom stereocenters. The molecule has 0 spiro atoms. The molecule has 0 bridgehead atoms. The smallest absolute Gasteiger partial charge is 0.328 e. The number of rotatable bonds is 2. The van der Waals surface area contributed by atoms with E-state index in [0.29, 0.717) is 17.4 Å². The van der Waals surface area contributed by atoms with Crippen LogP contribution in [0.1, 0.15) is 62.4 Å². The number of carboxylic acid groups (broad SMARTS) is 1. The molecule has 96 valence electrons. The second-order valence-corrected chi connectivity index (χ2v) is 5.22. The van der Waals surface area contributed by atoms with Crippen LogP contribution in [-0.2, 0) is 4.79 Å². The standard InChI is InChI=1S/C15H19NO2/c1-9-4-5-10(2)15-12(9)6-7-13(16-15)11(3)8-14(17)18/h6-10H,4-5H2,1-3H3,(H,17,18)/b11-8-. The lowest BCUT2D eigenvalue weighted by Gasteiger charge is -2.26. The summed E-state index contributed by atoms with van der Waals surface area (Å²) in [6, 6.07) is 4.04. The molecule has 0 amide bonds. The fourth-order valence-electron chi connectivity index (χ4n) is 2.57. The van der Waals surface area contributed by atoms with Crippen molar-refractivity contribution < 1.29 is 9.90 Å². The molecule has 0 aromatic carbocycles. The van der Waals surface area contributed by atoms with Crippen molar-refractivity contribution in [2.24, 2.45) is 0 Å². The maximum atomic E-state index is 10.7. The van der Waals surface area contributed by atoms with Gasteiger partial charge >= 0.3 is 5.97 Å². The van der Waals surface area contributed by atoms with Gasteiger partial charge in [0.1, 0.15) is 0 Å². The van der Waals surface area contributed by atoms with E-state index >= 15 is 0 Å². The summed E-state index contributed by atoms with van der Waals surface area (Å²) < 4.78 is 0. The first-order valence-electron chi connectivity index (χ1n) is 6.41. The second-order valence-electron chi connectivity index (χ2n) is 5.22. The molecule has 18 heavy (non-hydrogen) atoms. The van der Waals surface area contributed by atoms with Crippen molar-refractivity contribution in [1.82, 2.24) is 4.98 Å². The largest absolute Gasteiger partial charge is 0.478 e. The van der Waals surface area contributed by atoms with E-state index in [0.717, 1.165) is 17.8 Å². The molecule has 3 heteroatoms. The molecule has 0 saturated carbocycles. The summed E-state index contributed by atoms with van der Waals surface area (Å²) in [6.45, 7) is 6.21. The third-order valence-electron chi connectivity index (χ3n) is 3.73. The predicted molar refractivity (Wildman–Crippen MR) is 71.6 cm³/mol. The van der Waals surface area contributed by atoms with Crippen LogP contribution in [0, 0.1) is 0 Å². The minimum absolute atomic E-state index is 0.466. The molecule has 1 aliphatic carbocycles. The van der Waals surface area contributed by atoms with Gasteiger partial charge in [-0.25, -0.2) is 4.79 Å². The summed E-state index contributed by atoms with van der Waals surface area (Å²) in [7, 11) is 0. The van der Waals surface area contributed by atoms with Gasteiger partial charge in [-0.15, -0.1) is 0 Å². The minimum Gasteiger partial charge on any atom is -0.478 e. The fraction of sp³-hybridized carbons (Fsp3) is 0.467. The number of carbonyl (C=O) groups is 1. The SMILES string of the molecule is C/C(=C/C(=O)O)c1ccc2c(n1)C(C)CCC2C. The second kappa shape index (κ2) is 4.92. The highest BCUT2D eigenvalue weighted by Gasteiger charge is 2.23. The number of aromatic nitrogens is 1. The Morgan fingerprint density at radius 3 is 2.67 bits per heavy atom. The van der Waals surface area contributed by atoms with Crippen LogP contribution in [0.25, 0.3) is 5.57 Å². The first-order chi connectivity index (χ1) is 8.49. The van der Waals surface area contributed by atoms with Crippen LogP contribution in [0.5, 0.6) is 0 Å². The maximum absolute atomic E-state index is 10.7. The fourth-order valence-corrected chi connectivity index (χ4v) is 2.57. The van der Waals surface area contributed by atoms with Gasteiger partial charge in [-0.1, -0.05) is 19.9 Å². The van der Waals surface area contributed by atoms with Gasteiger partial charge in [0.25, 0.3) is 0 Å². The monoisotopic (exact) mass is 245 g/mol. The van der Waals surface area contributed by atoms with E-state index in [1.54, 1.807) is 6.92 Å². The Bertz CT molecular complexity index is 505. The van der Waals surface area contributed by atoms with Crippen LogP contribution in [0.15, 0.2) is 18.2 Å². The quantitative estimate of drug-likeness (QED) is 0.810. The molecule has 0 aliphatic heterocycles. The Morgan fingerprint density at radius 1 is 1.33 bits per heavy atom. The van der Waals surface area contributed by atoms with E-state index in [-0.39, 0.29) is 0 Å². The molecule has 0 saturated heterocycles. The Hall–Kier alpha value is -1.64. The number of carboxylic acids is 1. The minimum atomic E-state index is -0.923. The van der Waals surface area contributed by atoms with E-state index in [9.17, 15) is 4.79 Å². The van der Waals surface area contributed by atoms with Crippen LogP contribution in [0.2, 0.25) is 0 Å². The first kappa shape index (κ1) is 12.8. The van der Waals surface area contributed by atoms with Gasteiger partial charge in [0.05, 0.1) is 5.69 Å². The zero-order valence-corrected chi connectivity index (χ0v) is 11.1. The summed E-state index contributed by atoms with van der Waals surface area (Å²) >= 11 is 0. The number of aliphatic carboxylic acids is 1. The lowest BCUT2D eigenvalue weighted by atomic mass is 9.81. The number of allylic oxidation sites excluding steroid dienone is 1. The molecule has 1 aromatic rings. The highest BCUT2D eigenvalue weighted by atomic mass is 16.4. The van der Waals surface area contributed by atoms with Gasteiger partial charge in [-0.3, -0.25) is 4.98 Å². The molecule has 3 nitrogen and oxygen atoms in total. The van der Waals surface area contributed by atoms with Crippen LogP contribution in [0.4, 0.5) is 0 Å². The van der Waals surface area contributed by atoms with Crippen LogP contribution >= 0.6 is 0 Å². The Labute approximate surface area is 108 Å². The van der Waals surface area contributed by atoms with E-state index < -0.39 is 5.97 Å². The molecule has 2 unspecified atom stereocenters. The summed E-state index contributed by atoms with van der Waals surface area (Å²) in [5.41, 5.74) is 3.94. The topological polar surface area (TPSA) is 50.2 Å². The Morgan fingerprint density at radius 2 is 2.00 bits per heavy atom. The van der Waals surface area contributed by atoms with Crippen molar-refractivity contribution in [3.63, 3.8) is 0 Å². The molecule has 0 fully saturated rings. The van der Waals surface area contributed by atoms with Gasteiger partial charge < -0.3 is 5.11 Å². The Kier molecular flexibility index (Phi) is 3.50. The highest BCUT2D eigenvalue weighted by molar-refractivity contribution is 5.88. The van der Waals surface area contributed by atoms with Crippen molar-refractivity contribution in [2.45, 2.75) is 45.4 Å². The molecule has 0 radical (unpaired) electrons. The number of hydrogen-bond donors (Lipinski definition) is 1. The van der Waals surface area contributed by atoms with Gasteiger partial charge in [0.15, 0.2) is 0 Å². The van der Waals surface area contributed by atoms with Crippen LogP contribution < -0.4 is 0 Å². The number of hydrogen-bond acceptors (Lipinski definition) is 2. The summed E-state index contributed by atoms with van der Waals surface area (Å²) in [4.78, 5) is 15.4. The summed E-state index contributed by atoms with van der Waals surface area (Å²) in [5, 5.41) is 8.77. The van der Waals surface area contributed by atoms with E-state index in [1.807, 2.05) is 6.07 Å². The van der Waals surface area contributed by atoms with Crippen molar-refractivity contribution in [3.05, 3.63) is 35.2 Å². The van der Waals surface area contributed by atoms with Gasteiger partial charge in [0, 0.05) is 11.8 Å². The van der Waals surface area contributed by atoms with E-state index in [1.165, 1.54) is 18.1 Å². The number of nitrogens with zero attached hydrogens (tertiary/aromatic N) is 1. The van der Waals surface area contributed by atoms with Crippen LogP contribution in [-0.4, -0.2) is 16.1 Å². The van der Waals surface area contributed by atoms with Gasteiger partial charge in [-0.2, -0.15) is 0 Å². The van der Waals surface area contributed by atoms with Gasteiger partial charge in [-0.05, 0) is 48.8 Å². The molecular weight excluding hydrogens is 226 g/mol. The van der Waals surface area contributed by atoms with Crippen molar-refractivity contribution in [3.8, 4) is 0 Å². The molecule has 1 aromatic heterocycles. The zero-order valence-electron chi connectivity index (χ0n) is 11.1. The first-order valence-corrected chi connectivity index (χ1v) is 6.41. The average Bonchev–Trinajstić information content (AvgIpc) is 2.33. The molecule has 1 heterocycles. The molecule has 1 aliphatic rings. The lowest BCUT2D eigenvalue weighted by Crippen LogP contribution is -2.13. The normalized spacial score (nSPS) is 23.6. The van der Waals surface area contributed by atoms with E-state index in [2.05, 4.69) is 24.9 Å². The molecular formula is C15H19NO2. The van der Waals surface area contributed by atoms with Crippen molar-refractivity contribution in [2.75, 3.05) is 0 Å². The van der Waals surface area contributed by atoms with Gasteiger partial charge in [0.2, 0.25) is 0 Å². The highest BCUT2D eigenvalue weighted by Crippen LogP contribution is 2.37. The zero-order chi connectivity index (χ0) is 13.3. The number of pyridine rings is 1. The third kappa shape index (κ3) is 2.45. The molecule has 2 rings (SSSR count).